The molecule has 1 amide bonds. The Hall–Kier alpha value is -0.950. The predicted octanol–water partition coefficient (Wildman–Crippen LogP) is 4.37. The van der Waals surface area contributed by atoms with E-state index in [1.54, 1.807) is 6.07 Å². The molecule has 0 unspecified atom stereocenters. The van der Waals surface area contributed by atoms with E-state index in [1.807, 2.05) is 46.9 Å². The number of anilines is 1. The number of hydrogen-bond donors (Lipinski definition) is 1. The van der Waals surface area contributed by atoms with E-state index in [0.29, 0.717) is 15.7 Å². The fourth-order valence-electron chi connectivity index (χ4n) is 1.57. The summed E-state index contributed by atoms with van der Waals surface area (Å²) >= 11 is 5.34. The molecule has 0 aliphatic rings. The van der Waals surface area contributed by atoms with Crippen molar-refractivity contribution in [3.05, 3.63) is 61.9 Å². The van der Waals surface area contributed by atoms with Gasteiger partial charge in [0.05, 0.1) is 12.1 Å². The largest absolute Gasteiger partial charge is 0.325 e. The van der Waals surface area contributed by atoms with Crippen LogP contribution in [0.1, 0.15) is 5.56 Å². The first-order valence-electron chi connectivity index (χ1n) is 5.54. The number of amides is 1. The van der Waals surface area contributed by atoms with E-state index in [9.17, 15) is 9.18 Å². The highest BCUT2D eigenvalue weighted by atomic mass is 127. The van der Waals surface area contributed by atoms with Crippen molar-refractivity contribution in [2.24, 2.45) is 0 Å². The van der Waals surface area contributed by atoms with Gasteiger partial charge in [0, 0.05) is 8.04 Å². The highest BCUT2D eigenvalue weighted by Gasteiger charge is 2.07. The van der Waals surface area contributed by atoms with Crippen LogP contribution >= 0.6 is 38.5 Å². The quantitative estimate of drug-likeness (QED) is 0.715. The number of nitrogens with one attached hydrogen (secondary N) is 1. The molecule has 0 spiro atoms. The Labute approximate surface area is 132 Å². The Morgan fingerprint density at radius 1 is 1.21 bits per heavy atom. The second-order valence-electron chi connectivity index (χ2n) is 3.98. The van der Waals surface area contributed by atoms with Crippen molar-refractivity contribution in [1.82, 2.24) is 0 Å². The number of hydrogen-bond acceptors (Lipinski definition) is 1. The summed E-state index contributed by atoms with van der Waals surface area (Å²) in [7, 11) is 0. The Morgan fingerprint density at radius 3 is 2.53 bits per heavy atom. The second-order valence-corrected chi connectivity index (χ2v) is 6.05. The van der Waals surface area contributed by atoms with Gasteiger partial charge in [-0.1, -0.05) is 28.1 Å². The van der Waals surface area contributed by atoms with E-state index in [1.165, 1.54) is 12.1 Å². The summed E-state index contributed by atoms with van der Waals surface area (Å²) in [5.41, 5.74) is 1.56. The molecule has 0 aromatic heterocycles. The van der Waals surface area contributed by atoms with E-state index in [2.05, 4.69) is 21.2 Å². The number of carbonyl (C=O) groups is 1. The van der Waals surface area contributed by atoms with Gasteiger partial charge in [-0.05, 0) is 58.5 Å². The minimum atomic E-state index is -0.310. The van der Waals surface area contributed by atoms with Crippen LogP contribution in [0.15, 0.2) is 46.9 Å². The van der Waals surface area contributed by atoms with Crippen LogP contribution in [0, 0.1) is 9.39 Å². The summed E-state index contributed by atoms with van der Waals surface area (Å²) in [6, 6.07) is 11.8. The molecule has 0 saturated heterocycles. The van der Waals surface area contributed by atoms with Crippen molar-refractivity contribution in [1.29, 1.82) is 0 Å². The predicted molar refractivity (Wildman–Crippen MR) is 85.6 cm³/mol. The summed E-state index contributed by atoms with van der Waals surface area (Å²) in [6.45, 7) is 0. The van der Waals surface area contributed by atoms with E-state index in [-0.39, 0.29) is 11.7 Å². The molecule has 0 fully saturated rings. The second kappa shape index (κ2) is 6.47. The lowest BCUT2D eigenvalue weighted by Gasteiger charge is -2.07. The van der Waals surface area contributed by atoms with Gasteiger partial charge >= 0.3 is 0 Å². The smallest absolute Gasteiger partial charge is 0.228 e. The summed E-state index contributed by atoms with van der Waals surface area (Å²) in [5, 5.41) is 2.78. The average Bonchev–Trinajstić information content (AvgIpc) is 2.36. The Balaban J connectivity index is 2.03. The third-order valence-corrected chi connectivity index (χ3v) is 3.90. The van der Waals surface area contributed by atoms with Gasteiger partial charge in [-0.25, -0.2) is 4.39 Å². The van der Waals surface area contributed by atoms with Gasteiger partial charge in [-0.3, -0.25) is 4.79 Å². The zero-order chi connectivity index (χ0) is 13.8. The fraction of sp³-hybridized carbons (Fsp3) is 0.0714. The lowest BCUT2D eigenvalue weighted by atomic mass is 10.1. The van der Waals surface area contributed by atoms with Gasteiger partial charge in [0.1, 0.15) is 5.82 Å². The van der Waals surface area contributed by atoms with Crippen molar-refractivity contribution in [2.45, 2.75) is 6.42 Å². The molecule has 0 atom stereocenters. The Bertz CT molecular complexity index is 601. The molecular formula is C14H10BrFINO. The Morgan fingerprint density at radius 2 is 1.89 bits per heavy atom. The van der Waals surface area contributed by atoms with Crippen molar-refractivity contribution < 1.29 is 9.18 Å². The zero-order valence-electron chi connectivity index (χ0n) is 9.79. The molecule has 5 heteroatoms. The first kappa shape index (κ1) is 14.5. The fourth-order valence-corrected chi connectivity index (χ4v) is 2.45. The number of rotatable bonds is 3. The highest BCUT2D eigenvalue weighted by Crippen LogP contribution is 2.19. The van der Waals surface area contributed by atoms with E-state index in [4.69, 9.17) is 0 Å². The van der Waals surface area contributed by atoms with Crippen molar-refractivity contribution in [3.63, 3.8) is 0 Å². The van der Waals surface area contributed by atoms with Crippen LogP contribution in [0.25, 0.3) is 0 Å². The van der Waals surface area contributed by atoms with Crippen molar-refractivity contribution >= 4 is 50.1 Å². The van der Waals surface area contributed by atoms with E-state index < -0.39 is 0 Å². The van der Waals surface area contributed by atoms with Gasteiger partial charge in [0.2, 0.25) is 5.91 Å². The minimum absolute atomic E-state index is 0.119. The standard InChI is InChI=1S/C14H10BrFINO/c15-10-3-1-9(2-4-10)7-14(19)18-13-6-5-11(16)8-12(13)17/h1-6,8H,7H2,(H,18,19). The molecule has 0 saturated carbocycles. The van der Waals surface area contributed by atoms with Crippen molar-refractivity contribution in [3.8, 4) is 0 Å². The van der Waals surface area contributed by atoms with E-state index >= 15 is 0 Å². The maximum Gasteiger partial charge on any atom is 0.228 e. The molecule has 2 aromatic rings. The first-order valence-corrected chi connectivity index (χ1v) is 7.41. The third kappa shape index (κ3) is 4.28. The van der Waals surface area contributed by atoms with Gasteiger partial charge < -0.3 is 5.32 Å². The molecular weight excluding hydrogens is 424 g/mol. The zero-order valence-corrected chi connectivity index (χ0v) is 13.5. The molecule has 1 N–H and O–H groups in total. The van der Waals surface area contributed by atoms with Gasteiger partial charge in [0.25, 0.3) is 0 Å². The number of carbonyl (C=O) groups excluding carboxylic acids is 1. The van der Waals surface area contributed by atoms with Crippen LogP contribution in [-0.2, 0) is 11.2 Å². The minimum Gasteiger partial charge on any atom is -0.325 e. The van der Waals surface area contributed by atoms with Gasteiger partial charge in [-0.15, -0.1) is 0 Å². The highest BCUT2D eigenvalue weighted by molar-refractivity contribution is 14.1. The topological polar surface area (TPSA) is 29.1 Å². The van der Waals surface area contributed by atoms with Gasteiger partial charge in [-0.2, -0.15) is 0 Å². The first-order chi connectivity index (χ1) is 9.04. The van der Waals surface area contributed by atoms with E-state index in [0.717, 1.165) is 10.0 Å². The van der Waals surface area contributed by atoms with Crippen LogP contribution in [0.3, 0.4) is 0 Å². The molecule has 19 heavy (non-hydrogen) atoms. The SMILES string of the molecule is O=C(Cc1ccc(Br)cc1)Nc1ccc(F)cc1I. The molecule has 0 radical (unpaired) electrons. The van der Waals surface area contributed by atoms with Crippen molar-refractivity contribution in [2.75, 3.05) is 5.32 Å². The Kier molecular flexibility index (Phi) is 4.93. The average molecular weight is 434 g/mol. The maximum absolute atomic E-state index is 12.9. The summed E-state index contributed by atoms with van der Waals surface area (Å²) in [5.74, 6) is -0.429. The normalized spacial score (nSPS) is 10.3. The van der Waals surface area contributed by atoms with Gasteiger partial charge in [0.15, 0.2) is 0 Å². The lowest BCUT2D eigenvalue weighted by Crippen LogP contribution is -2.15. The summed E-state index contributed by atoms with van der Waals surface area (Å²) in [4.78, 5) is 11.9. The maximum atomic E-state index is 12.9. The van der Waals surface area contributed by atoms with Crippen LogP contribution in [0.4, 0.5) is 10.1 Å². The molecule has 2 aromatic carbocycles. The number of benzene rings is 2. The summed E-state index contributed by atoms with van der Waals surface area (Å²) < 4.78 is 14.6. The molecule has 2 rings (SSSR count). The van der Waals surface area contributed by atoms with Crippen LogP contribution in [-0.4, -0.2) is 5.91 Å². The monoisotopic (exact) mass is 433 g/mol. The third-order valence-electron chi connectivity index (χ3n) is 2.48. The molecule has 0 heterocycles. The molecule has 0 aliphatic carbocycles. The van der Waals surface area contributed by atoms with Crippen LogP contribution < -0.4 is 5.32 Å². The van der Waals surface area contributed by atoms with Crippen LogP contribution in [0.2, 0.25) is 0 Å². The molecule has 0 bridgehead atoms. The number of halogens is 3. The molecule has 0 aliphatic heterocycles. The summed E-state index contributed by atoms with van der Waals surface area (Å²) in [6.07, 6.45) is 0.292. The molecule has 98 valence electrons. The van der Waals surface area contributed by atoms with Crippen LogP contribution in [0.5, 0.6) is 0 Å². The lowest BCUT2D eigenvalue weighted by molar-refractivity contribution is -0.115. The molecule has 2 nitrogen and oxygen atoms in total.